The summed E-state index contributed by atoms with van der Waals surface area (Å²) in [5.74, 6) is -0.0286. The van der Waals surface area contributed by atoms with Gasteiger partial charge in [0, 0.05) is 36.3 Å². The Balaban J connectivity index is 1.51. The second-order valence-corrected chi connectivity index (χ2v) is 8.34. The molecule has 2 aromatic rings. The first-order valence-electron chi connectivity index (χ1n) is 9.02. The van der Waals surface area contributed by atoms with Crippen molar-refractivity contribution in [1.29, 1.82) is 0 Å². The summed E-state index contributed by atoms with van der Waals surface area (Å²) in [6.07, 6.45) is 1.54. The van der Waals surface area contributed by atoms with Gasteiger partial charge < -0.3 is 20.3 Å². The Morgan fingerprint density at radius 2 is 2.11 bits per heavy atom. The Kier molecular flexibility index (Phi) is 6.68. The monoisotopic (exact) mass is 408 g/mol. The molecule has 3 heterocycles. The van der Waals surface area contributed by atoms with E-state index < -0.39 is 0 Å². The number of amides is 2. The molecule has 7 nitrogen and oxygen atoms in total. The Morgan fingerprint density at radius 3 is 2.81 bits per heavy atom. The van der Waals surface area contributed by atoms with Crippen LogP contribution < -0.4 is 10.6 Å². The van der Waals surface area contributed by atoms with Gasteiger partial charge >= 0.3 is 6.09 Å². The first kappa shape index (κ1) is 19.6. The molecule has 1 aliphatic heterocycles. The quantitative estimate of drug-likeness (QED) is 0.764. The molecule has 0 atom stereocenters. The standard InChI is InChI=1S/C18H24N4O3S2/c1-3-25-18(24)22-8-6-13(7-9-22)20-17-21-15(11-26-17)16-5-4-14(27-16)10-19-12(2)23/h4-5,11,13H,3,6-10H2,1-2H3,(H,19,23)(H,20,21). The lowest BCUT2D eigenvalue weighted by molar-refractivity contribution is -0.119. The van der Waals surface area contributed by atoms with E-state index in [1.165, 1.54) is 6.92 Å². The zero-order chi connectivity index (χ0) is 19.2. The first-order valence-corrected chi connectivity index (χ1v) is 10.7. The van der Waals surface area contributed by atoms with Crippen molar-refractivity contribution < 1.29 is 14.3 Å². The van der Waals surface area contributed by atoms with Crippen molar-refractivity contribution in [1.82, 2.24) is 15.2 Å². The Bertz CT molecular complexity index is 781. The molecule has 0 aromatic carbocycles. The van der Waals surface area contributed by atoms with Crippen LogP contribution in [-0.2, 0) is 16.1 Å². The van der Waals surface area contributed by atoms with Gasteiger partial charge in [0.05, 0.1) is 23.7 Å². The number of piperidine rings is 1. The number of carbonyl (C=O) groups excluding carboxylic acids is 2. The number of aromatic nitrogens is 1. The average Bonchev–Trinajstić information content (AvgIpc) is 3.30. The minimum atomic E-state index is -0.222. The lowest BCUT2D eigenvalue weighted by atomic mass is 10.1. The van der Waals surface area contributed by atoms with Crippen molar-refractivity contribution in [2.45, 2.75) is 39.3 Å². The summed E-state index contributed by atoms with van der Waals surface area (Å²) >= 11 is 3.23. The predicted molar refractivity (Wildman–Crippen MR) is 108 cm³/mol. The maximum absolute atomic E-state index is 11.8. The molecule has 1 fully saturated rings. The molecule has 9 heteroatoms. The number of thiophene rings is 1. The van der Waals surface area contributed by atoms with Crippen LogP contribution in [0.25, 0.3) is 10.6 Å². The normalized spacial score (nSPS) is 14.8. The van der Waals surface area contributed by atoms with E-state index in [1.807, 2.05) is 24.4 Å². The van der Waals surface area contributed by atoms with Gasteiger partial charge in [-0.15, -0.1) is 22.7 Å². The van der Waals surface area contributed by atoms with E-state index >= 15 is 0 Å². The lowest BCUT2D eigenvalue weighted by Crippen LogP contribution is -2.42. The number of anilines is 1. The number of hydrogen-bond acceptors (Lipinski definition) is 7. The lowest BCUT2D eigenvalue weighted by Gasteiger charge is -2.31. The molecular weight excluding hydrogens is 384 g/mol. The van der Waals surface area contributed by atoms with Crippen molar-refractivity contribution in [2.75, 3.05) is 25.0 Å². The fourth-order valence-corrected chi connectivity index (χ4v) is 4.64. The van der Waals surface area contributed by atoms with Gasteiger partial charge in [0.1, 0.15) is 0 Å². The molecule has 0 aliphatic carbocycles. The van der Waals surface area contributed by atoms with Crippen molar-refractivity contribution in [3.63, 3.8) is 0 Å². The Morgan fingerprint density at radius 1 is 1.33 bits per heavy atom. The molecule has 1 saturated heterocycles. The SMILES string of the molecule is CCOC(=O)N1CCC(Nc2nc(-c3ccc(CNC(C)=O)s3)cs2)CC1. The van der Waals surface area contributed by atoms with Gasteiger partial charge in [-0.3, -0.25) is 4.79 Å². The number of nitrogens with zero attached hydrogens (tertiary/aromatic N) is 2. The molecule has 0 saturated carbocycles. The molecule has 0 unspecified atom stereocenters. The highest BCUT2D eigenvalue weighted by Crippen LogP contribution is 2.31. The number of rotatable bonds is 6. The van der Waals surface area contributed by atoms with Gasteiger partial charge in [0.25, 0.3) is 0 Å². The summed E-state index contributed by atoms with van der Waals surface area (Å²) in [5, 5.41) is 9.24. The third-order valence-corrected chi connectivity index (χ3v) is 6.16. The van der Waals surface area contributed by atoms with Crippen LogP contribution in [0.1, 0.15) is 31.6 Å². The molecule has 27 heavy (non-hydrogen) atoms. The molecular formula is C18H24N4O3S2. The molecule has 0 radical (unpaired) electrons. The van der Waals surface area contributed by atoms with Crippen LogP contribution in [0.3, 0.4) is 0 Å². The van der Waals surface area contributed by atoms with Crippen molar-refractivity contribution in [3.05, 3.63) is 22.4 Å². The molecule has 2 amide bonds. The fraction of sp³-hybridized carbons (Fsp3) is 0.500. The summed E-state index contributed by atoms with van der Waals surface area (Å²) in [7, 11) is 0. The maximum Gasteiger partial charge on any atom is 0.409 e. The van der Waals surface area contributed by atoms with E-state index in [9.17, 15) is 9.59 Å². The highest BCUT2D eigenvalue weighted by Gasteiger charge is 2.24. The third kappa shape index (κ3) is 5.43. The zero-order valence-electron chi connectivity index (χ0n) is 15.5. The van der Waals surface area contributed by atoms with Gasteiger partial charge in [-0.2, -0.15) is 0 Å². The number of nitrogens with one attached hydrogen (secondary N) is 2. The topological polar surface area (TPSA) is 83.6 Å². The van der Waals surface area contributed by atoms with Crippen LogP contribution in [-0.4, -0.2) is 47.6 Å². The molecule has 3 rings (SSSR count). The van der Waals surface area contributed by atoms with E-state index in [4.69, 9.17) is 9.72 Å². The highest BCUT2D eigenvalue weighted by atomic mass is 32.1. The van der Waals surface area contributed by atoms with Crippen LogP contribution >= 0.6 is 22.7 Å². The third-order valence-electron chi connectivity index (χ3n) is 4.28. The number of likely N-dealkylation sites (tertiary alicyclic amines) is 1. The second kappa shape index (κ2) is 9.18. The van der Waals surface area contributed by atoms with Crippen molar-refractivity contribution in [3.8, 4) is 10.6 Å². The molecule has 146 valence electrons. The number of carbonyl (C=O) groups is 2. The van der Waals surface area contributed by atoms with Crippen molar-refractivity contribution in [2.24, 2.45) is 0 Å². The average molecular weight is 409 g/mol. The zero-order valence-corrected chi connectivity index (χ0v) is 17.1. The highest BCUT2D eigenvalue weighted by molar-refractivity contribution is 7.17. The van der Waals surface area contributed by atoms with Crippen molar-refractivity contribution >= 4 is 39.8 Å². The second-order valence-electron chi connectivity index (χ2n) is 6.32. The summed E-state index contributed by atoms with van der Waals surface area (Å²) in [4.78, 5) is 31.4. The molecule has 0 spiro atoms. The van der Waals surface area contributed by atoms with E-state index in [0.717, 1.165) is 33.4 Å². The fourth-order valence-electron chi connectivity index (χ4n) is 2.87. The van der Waals surface area contributed by atoms with Crippen LogP contribution in [0, 0.1) is 0 Å². The van der Waals surface area contributed by atoms with E-state index in [1.54, 1.807) is 27.6 Å². The number of thiazole rings is 1. The van der Waals surface area contributed by atoms with Gasteiger partial charge in [-0.25, -0.2) is 9.78 Å². The minimum Gasteiger partial charge on any atom is -0.450 e. The van der Waals surface area contributed by atoms with Crippen LogP contribution in [0.4, 0.5) is 9.93 Å². The summed E-state index contributed by atoms with van der Waals surface area (Å²) in [5.41, 5.74) is 0.950. The molecule has 1 aliphatic rings. The summed E-state index contributed by atoms with van der Waals surface area (Å²) < 4.78 is 5.05. The van der Waals surface area contributed by atoms with Crippen LogP contribution in [0.2, 0.25) is 0 Å². The largest absolute Gasteiger partial charge is 0.450 e. The van der Waals surface area contributed by atoms with E-state index in [2.05, 4.69) is 10.6 Å². The van der Waals surface area contributed by atoms with Gasteiger partial charge in [-0.1, -0.05) is 0 Å². The molecule has 2 aromatic heterocycles. The first-order chi connectivity index (χ1) is 13.0. The van der Waals surface area contributed by atoms with Gasteiger partial charge in [-0.05, 0) is 31.9 Å². The van der Waals surface area contributed by atoms with Gasteiger partial charge in [0.2, 0.25) is 5.91 Å². The smallest absolute Gasteiger partial charge is 0.409 e. The van der Waals surface area contributed by atoms with Gasteiger partial charge in [0.15, 0.2) is 5.13 Å². The molecule has 2 N–H and O–H groups in total. The number of ether oxygens (including phenoxy) is 1. The number of hydrogen-bond donors (Lipinski definition) is 2. The predicted octanol–water partition coefficient (Wildman–Crippen LogP) is 3.54. The summed E-state index contributed by atoms with van der Waals surface area (Å²) in [6.45, 7) is 5.70. The minimum absolute atomic E-state index is 0.0286. The molecule has 0 bridgehead atoms. The van der Waals surface area contributed by atoms with Crippen LogP contribution in [0.15, 0.2) is 17.5 Å². The van der Waals surface area contributed by atoms with E-state index in [0.29, 0.717) is 32.3 Å². The Hall–Kier alpha value is -2.13. The Labute approximate surface area is 166 Å². The van der Waals surface area contributed by atoms with E-state index in [-0.39, 0.29) is 12.0 Å². The maximum atomic E-state index is 11.8. The summed E-state index contributed by atoms with van der Waals surface area (Å²) in [6, 6.07) is 4.37. The van der Waals surface area contributed by atoms with Crippen LogP contribution in [0.5, 0.6) is 0 Å².